The number of aromatic nitrogens is 5. The van der Waals surface area contributed by atoms with E-state index in [1.165, 1.54) is 0 Å². The van der Waals surface area contributed by atoms with E-state index < -0.39 is 0 Å². The first-order chi connectivity index (χ1) is 27.7. The summed E-state index contributed by atoms with van der Waals surface area (Å²) in [5.41, 5.74) is 10.00. The van der Waals surface area contributed by atoms with Crippen LogP contribution in [0.2, 0.25) is 0 Å². The normalized spacial score (nSPS) is 11.6. The SMILES string of the molecule is c1ccc(-c2cccc(-c3nc(-c4ccccc4)nc(-c4cccc5c4sc4cc(-c6nc(-c7ccccc7)nc7c6oc6ccccc67)ccc45)n3)c2)cc1. The summed E-state index contributed by atoms with van der Waals surface area (Å²) in [5, 5.41) is 3.26. The van der Waals surface area contributed by atoms with Crippen LogP contribution < -0.4 is 0 Å². The van der Waals surface area contributed by atoms with Crippen molar-refractivity contribution in [2.75, 3.05) is 0 Å². The minimum Gasteiger partial charge on any atom is -0.452 e. The van der Waals surface area contributed by atoms with Crippen LogP contribution in [-0.2, 0) is 0 Å². The molecule has 0 aliphatic heterocycles. The minimum absolute atomic E-state index is 0.625. The number of thiophene rings is 1. The smallest absolute Gasteiger partial charge is 0.180 e. The molecule has 7 heteroatoms. The highest BCUT2D eigenvalue weighted by Crippen LogP contribution is 2.43. The first-order valence-corrected chi connectivity index (χ1v) is 19.2. The summed E-state index contributed by atoms with van der Waals surface area (Å²) in [5.74, 6) is 2.54. The Hall–Kier alpha value is -7.35. The number of nitrogens with zero attached hydrogens (tertiary/aromatic N) is 5. The second-order valence-electron chi connectivity index (χ2n) is 13.7. The molecule has 0 aliphatic carbocycles. The van der Waals surface area contributed by atoms with Crippen LogP contribution in [0.1, 0.15) is 0 Å². The molecule has 0 aliphatic rings. The molecule has 0 unspecified atom stereocenters. The molecule has 0 bridgehead atoms. The van der Waals surface area contributed by atoms with Crippen molar-refractivity contribution in [3.05, 3.63) is 176 Å². The van der Waals surface area contributed by atoms with Crippen molar-refractivity contribution in [2.24, 2.45) is 0 Å². The third-order valence-corrected chi connectivity index (χ3v) is 11.4. The molecular formula is C49H29N5OS. The van der Waals surface area contributed by atoms with Gasteiger partial charge in [0.1, 0.15) is 16.8 Å². The molecule has 4 heterocycles. The first-order valence-electron chi connectivity index (χ1n) is 18.4. The van der Waals surface area contributed by atoms with Gasteiger partial charge in [-0.3, -0.25) is 0 Å². The zero-order valence-corrected chi connectivity index (χ0v) is 30.6. The van der Waals surface area contributed by atoms with Gasteiger partial charge in [0.2, 0.25) is 0 Å². The fraction of sp³-hybridized carbons (Fsp3) is 0. The fourth-order valence-electron chi connectivity index (χ4n) is 7.43. The number of para-hydroxylation sites is 1. The number of furan rings is 1. The molecule has 0 amide bonds. The molecule has 11 rings (SSSR count). The molecule has 0 atom stereocenters. The lowest BCUT2D eigenvalue weighted by Gasteiger charge is -2.10. The van der Waals surface area contributed by atoms with E-state index in [1.54, 1.807) is 11.3 Å². The summed E-state index contributed by atoms with van der Waals surface area (Å²) in [6.45, 7) is 0. The van der Waals surface area contributed by atoms with Crippen molar-refractivity contribution in [3.8, 4) is 67.9 Å². The van der Waals surface area contributed by atoms with Gasteiger partial charge in [0.05, 0.1) is 0 Å². The molecule has 262 valence electrons. The van der Waals surface area contributed by atoms with E-state index in [2.05, 4.69) is 91.0 Å². The van der Waals surface area contributed by atoms with E-state index in [4.69, 9.17) is 29.3 Å². The Labute approximate surface area is 325 Å². The third-order valence-electron chi connectivity index (χ3n) is 10.2. The van der Waals surface area contributed by atoms with Crippen LogP contribution in [-0.4, -0.2) is 24.9 Å². The topological polar surface area (TPSA) is 77.6 Å². The van der Waals surface area contributed by atoms with Crippen LogP contribution in [0.4, 0.5) is 0 Å². The molecule has 4 aromatic heterocycles. The quantitative estimate of drug-likeness (QED) is 0.169. The zero-order chi connectivity index (χ0) is 37.0. The van der Waals surface area contributed by atoms with Crippen LogP contribution in [0.5, 0.6) is 0 Å². The summed E-state index contributed by atoms with van der Waals surface area (Å²) in [4.78, 5) is 25.5. The van der Waals surface area contributed by atoms with E-state index in [0.29, 0.717) is 28.9 Å². The first kappa shape index (κ1) is 32.1. The van der Waals surface area contributed by atoms with E-state index in [-0.39, 0.29) is 0 Å². The predicted octanol–water partition coefficient (Wildman–Crippen LogP) is 12.9. The van der Waals surface area contributed by atoms with Crippen molar-refractivity contribution >= 4 is 53.6 Å². The summed E-state index contributed by atoms with van der Waals surface area (Å²) in [6, 6.07) is 60.0. The maximum Gasteiger partial charge on any atom is 0.180 e. The minimum atomic E-state index is 0.625. The number of hydrogen-bond donors (Lipinski definition) is 0. The Morgan fingerprint density at radius 2 is 0.964 bits per heavy atom. The second kappa shape index (κ2) is 13.2. The van der Waals surface area contributed by atoms with Gasteiger partial charge in [0.25, 0.3) is 0 Å². The molecule has 0 radical (unpaired) electrons. The Kier molecular flexibility index (Phi) is 7.57. The Balaban J connectivity index is 1.08. The Morgan fingerprint density at radius 3 is 1.73 bits per heavy atom. The van der Waals surface area contributed by atoms with E-state index in [1.807, 2.05) is 84.9 Å². The maximum absolute atomic E-state index is 6.46. The summed E-state index contributed by atoms with van der Waals surface area (Å²) in [6.07, 6.45) is 0. The average Bonchev–Trinajstić information content (AvgIpc) is 3.85. The average molecular weight is 736 g/mol. The van der Waals surface area contributed by atoms with Crippen molar-refractivity contribution in [1.82, 2.24) is 24.9 Å². The number of benzene rings is 7. The number of rotatable bonds is 6. The molecular weight excluding hydrogens is 707 g/mol. The van der Waals surface area contributed by atoms with Gasteiger partial charge >= 0.3 is 0 Å². The zero-order valence-electron chi connectivity index (χ0n) is 29.8. The fourth-order valence-corrected chi connectivity index (χ4v) is 8.69. The number of hydrogen-bond acceptors (Lipinski definition) is 7. The monoisotopic (exact) mass is 735 g/mol. The lowest BCUT2D eigenvalue weighted by atomic mass is 10.0. The van der Waals surface area contributed by atoms with Gasteiger partial charge in [0, 0.05) is 53.4 Å². The Morgan fingerprint density at radius 1 is 0.375 bits per heavy atom. The third kappa shape index (κ3) is 5.52. The van der Waals surface area contributed by atoms with Crippen molar-refractivity contribution in [2.45, 2.75) is 0 Å². The van der Waals surface area contributed by atoms with Gasteiger partial charge in [-0.05, 0) is 41.5 Å². The van der Waals surface area contributed by atoms with Gasteiger partial charge in [-0.15, -0.1) is 11.3 Å². The lowest BCUT2D eigenvalue weighted by Crippen LogP contribution is -2.00. The molecule has 0 saturated carbocycles. The standard InChI is InChI=1S/C49H29N5OS/c1-4-14-30(15-5-1)33-20-12-21-35(28-33)48-52-47(32-18-8-3-9-19-32)53-49(54-48)39-24-13-23-37-36-27-26-34(29-41(36)56-45(37)39)42-44-43(38-22-10-11-25-40(38)55-44)51-46(50-42)31-16-6-2-7-17-31/h1-29H. The van der Waals surface area contributed by atoms with Crippen LogP contribution >= 0.6 is 11.3 Å². The molecule has 11 aromatic rings. The maximum atomic E-state index is 6.46. The van der Waals surface area contributed by atoms with Gasteiger partial charge < -0.3 is 4.42 Å². The second-order valence-corrected chi connectivity index (χ2v) is 14.7. The lowest BCUT2D eigenvalue weighted by molar-refractivity contribution is 0.667. The van der Waals surface area contributed by atoms with Gasteiger partial charge in [-0.25, -0.2) is 24.9 Å². The largest absolute Gasteiger partial charge is 0.452 e. The van der Waals surface area contributed by atoms with E-state index in [9.17, 15) is 0 Å². The molecule has 7 aromatic carbocycles. The van der Waals surface area contributed by atoms with Gasteiger partial charge in [-0.1, -0.05) is 146 Å². The number of fused-ring (bicyclic) bond motifs is 6. The van der Waals surface area contributed by atoms with E-state index >= 15 is 0 Å². The highest BCUT2D eigenvalue weighted by molar-refractivity contribution is 7.26. The van der Waals surface area contributed by atoms with E-state index in [0.717, 1.165) is 81.3 Å². The van der Waals surface area contributed by atoms with Crippen LogP contribution in [0.25, 0.3) is 110 Å². The summed E-state index contributed by atoms with van der Waals surface area (Å²) < 4.78 is 8.69. The van der Waals surface area contributed by atoms with Crippen LogP contribution in [0, 0.1) is 0 Å². The molecule has 56 heavy (non-hydrogen) atoms. The molecule has 0 spiro atoms. The summed E-state index contributed by atoms with van der Waals surface area (Å²) >= 11 is 1.73. The van der Waals surface area contributed by atoms with Crippen molar-refractivity contribution in [1.29, 1.82) is 0 Å². The highest BCUT2D eigenvalue weighted by atomic mass is 32.1. The molecule has 0 saturated heterocycles. The Bertz CT molecular complexity index is 3250. The van der Waals surface area contributed by atoms with Crippen molar-refractivity contribution in [3.63, 3.8) is 0 Å². The molecule has 0 N–H and O–H groups in total. The predicted molar refractivity (Wildman–Crippen MR) is 228 cm³/mol. The van der Waals surface area contributed by atoms with Crippen LogP contribution in [0.15, 0.2) is 180 Å². The molecule has 6 nitrogen and oxygen atoms in total. The van der Waals surface area contributed by atoms with Crippen LogP contribution in [0.3, 0.4) is 0 Å². The van der Waals surface area contributed by atoms with Gasteiger partial charge in [-0.2, -0.15) is 0 Å². The van der Waals surface area contributed by atoms with Crippen molar-refractivity contribution < 1.29 is 4.42 Å². The molecule has 0 fully saturated rings. The van der Waals surface area contributed by atoms with Gasteiger partial charge in [0.15, 0.2) is 28.9 Å². The highest BCUT2D eigenvalue weighted by Gasteiger charge is 2.21. The summed E-state index contributed by atoms with van der Waals surface area (Å²) in [7, 11) is 0.